The van der Waals surface area contributed by atoms with Crippen LogP contribution in [-0.2, 0) is 5.41 Å². The molecule has 0 amide bonds. The van der Waals surface area contributed by atoms with Gasteiger partial charge in [0.05, 0.1) is 5.41 Å². The second kappa shape index (κ2) is 6.61. The van der Waals surface area contributed by atoms with Gasteiger partial charge in [-0.15, -0.1) is 0 Å². The molecule has 0 aromatic heterocycles. The van der Waals surface area contributed by atoms with Gasteiger partial charge in [-0.1, -0.05) is 82.7 Å². The summed E-state index contributed by atoms with van der Waals surface area (Å²) >= 11 is 7.33. The number of benzene rings is 4. The van der Waals surface area contributed by atoms with Gasteiger partial charge in [-0.2, -0.15) is 0 Å². The van der Waals surface area contributed by atoms with E-state index < -0.39 is 5.41 Å². The first-order valence-electron chi connectivity index (χ1n) is 9.13. The summed E-state index contributed by atoms with van der Waals surface area (Å²) in [6, 6.07) is 32.3. The van der Waals surface area contributed by atoms with Crippen LogP contribution in [0.15, 0.2) is 99.9 Å². The summed E-state index contributed by atoms with van der Waals surface area (Å²) in [7, 11) is 0. The first-order chi connectivity index (χ1) is 13.6. The summed E-state index contributed by atoms with van der Waals surface area (Å²) in [6.45, 7) is 0. The Hall–Kier alpha value is -2.36. The molecule has 0 fully saturated rings. The zero-order chi connectivity index (χ0) is 19.3. The molecule has 1 aliphatic carbocycles. The fourth-order valence-electron chi connectivity index (χ4n) is 4.49. The maximum Gasteiger partial charge on any atom is 0.0714 e. The first-order valence-corrected chi connectivity index (χ1v) is 10.7. The predicted octanol–water partition coefficient (Wildman–Crippen LogP) is 7.16. The lowest BCUT2D eigenvalue weighted by Crippen LogP contribution is -2.28. The SMILES string of the molecule is Nc1cc2c(cc1Br)-c1ccc(Br)cc1C2(c1ccccc1)c1ccccc1. The van der Waals surface area contributed by atoms with Gasteiger partial charge in [0.1, 0.15) is 0 Å². The van der Waals surface area contributed by atoms with E-state index in [9.17, 15) is 0 Å². The lowest BCUT2D eigenvalue weighted by Gasteiger charge is -2.34. The molecule has 0 spiro atoms. The van der Waals surface area contributed by atoms with Gasteiger partial charge in [0.15, 0.2) is 0 Å². The molecule has 5 rings (SSSR count). The molecular weight excluding hydrogens is 474 g/mol. The molecule has 28 heavy (non-hydrogen) atoms. The molecule has 0 saturated carbocycles. The first kappa shape index (κ1) is 17.7. The topological polar surface area (TPSA) is 26.0 Å². The highest BCUT2D eigenvalue weighted by Gasteiger charge is 2.46. The summed E-state index contributed by atoms with van der Waals surface area (Å²) in [5.41, 5.74) is 14.1. The number of nitrogen functional groups attached to an aromatic ring is 1. The number of hydrogen-bond donors (Lipinski definition) is 1. The zero-order valence-electron chi connectivity index (χ0n) is 15.0. The lowest BCUT2D eigenvalue weighted by molar-refractivity contribution is 0.768. The van der Waals surface area contributed by atoms with Gasteiger partial charge in [-0.05, 0) is 73.6 Å². The monoisotopic (exact) mass is 489 g/mol. The Morgan fingerprint density at radius 1 is 0.607 bits per heavy atom. The fraction of sp³-hybridized carbons (Fsp3) is 0.0400. The molecule has 0 atom stereocenters. The average molecular weight is 491 g/mol. The maximum absolute atomic E-state index is 6.38. The van der Waals surface area contributed by atoms with Crippen molar-refractivity contribution in [3.05, 3.63) is 122 Å². The molecule has 0 bridgehead atoms. The highest BCUT2D eigenvalue weighted by Crippen LogP contribution is 2.57. The van der Waals surface area contributed by atoms with E-state index in [2.05, 4.69) is 123 Å². The van der Waals surface area contributed by atoms with Crippen LogP contribution in [-0.4, -0.2) is 0 Å². The highest BCUT2D eigenvalue weighted by atomic mass is 79.9. The lowest BCUT2D eigenvalue weighted by atomic mass is 9.67. The quantitative estimate of drug-likeness (QED) is 0.261. The zero-order valence-corrected chi connectivity index (χ0v) is 18.2. The Morgan fingerprint density at radius 3 is 1.79 bits per heavy atom. The Kier molecular flexibility index (Phi) is 4.18. The highest BCUT2D eigenvalue weighted by molar-refractivity contribution is 9.10. The number of rotatable bonds is 2. The van der Waals surface area contributed by atoms with Crippen LogP contribution in [0.3, 0.4) is 0 Å². The molecule has 3 heteroatoms. The number of halogens is 2. The summed E-state index contributed by atoms with van der Waals surface area (Å²) in [6.07, 6.45) is 0. The molecule has 1 nitrogen and oxygen atoms in total. The molecule has 2 N–H and O–H groups in total. The van der Waals surface area contributed by atoms with E-state index in [4.69, 9.17) is 5.73 Å². The molecule has 0 heterocycles. The van der Waals surface area contributed by atoms with E-state index in [1.54, 1.807) is 0 Å². The largest absolute Gasteiger partial charge is 0.398 e. The van der Waals surface area contributed by atoms with Crippen LogP contribution in [0.2, 0.25) is 0 Å². The maximum atomic E-state index is 6.38. The van der Waals surface area contributed by atoms with Gasteiger partial charge in [0, 0.05) is 14.6 Å². The van der Waals surface area contributed by atoms with Crippen molar-refractivity contribution in [3.8, 4) is 11.1 Å². The molecule has 4 aromatic rings. The van der Waals surface area contributed by atoms with Crippen LogP contribution in [0, 0.1) is 0 Å². The second-order valence-electron chi connectivity index (χ2n) is 7.09. The van der Waals surface area contributed by atoms with Crippen LogP contribution in [0.25, 0.3) is 11.1 Å². The summed E-state index contributed by atoms with van der Waals surface area (Å²) in [5.74, 6) is 0. The number of nitrogens with two attached hydrogens (primary N) is 1. The van der Waals surface area contributed by atoms with Crippen LogP contribution in [0.5, 0.6) is 0 Å². The van der Waals surface area contributed by atoms with E-state index in [-0.39, 0.29) is 0 Å². The minimum atomic E-state index is -0.411. The summed E-state index contributed by atoms with van der Waals surface area (Å²) in [4.78, 5) is 0. The molecule has 0 unspecified atom stereocenters. The second-order valence-corrected chi connectivity index (χ2v) is 8.86. The third-order valence-corrected chi connectivity index (χ3v) is 6.81. The van der Waals surface area contributed by atoms with E-state index in [0.29, 0.717) is 0 Å². The minimum absolute atomic E-state index is 0.411. The van der Waals surface area contributed by atoms with Gasteiger partial charge in [0.25, 0.3) is 0 Å². The van der Waals surface area contributed by atoms with Gasteiger partial charge >= 0.3 is 0 Å². The molecular formula is C25H17Br2N. The van der Waals surface area contributed by atoms with Crippen molar-refractivity contribution < 1.29 is 0 Å². The van der Waals surface area contributed by atoms with Gasteiger partial charge in [-0.25, -0.2) is 0 Å². The molecule has 1 aliphatic rings. The number of hydrogen-bond acceptors (Lipinski definition) is 1. The van der Waals surface area contributed by atoms with Gasteiger partial charge in [-0.3, -0.25) is 0 Å². The van der Waals surface area contributed by atoms with Crippen molar-refractivity contribution >= 4 is 37.5 Å². The normalized spacial score (nSPS) is 13.8. The average Bonchev–Trinajstić information content (AvgIpc) is 2.99. The Labute approximate surface area is 181 Å². The van der Waals surface area contributed by atoms with Crippen molar-refractivity contribution in [3.63, 3.8) is 0 Å². The van der Waals surface area contributed by atoms with Crippen molar-refractivity contribution in [2.24, 2.45) is 0 Å². The van der Waals surface area contributed by atoms with Gasteiger partial charge < -0.3 is 5.73 Å². The smallest absolute Gasteiger partial charge is 0.0714 e. The van der Waals surface area contributed by atoms with E-state index in [1.165, 1.54) is 33.4 Å². The van der Waals surface area contributed by atoms with Crippen LogP contribution < -0.4 is 5.73 Å². The molecule has 0 aliphatic heterocycles. The van der Waals surface area contributed by atoms with Crippen molar-refractivity contribution in [2.75, 3.05) is 5.73 Å². The van der Waals surface area contributed by atoms with E-state index in [0.717, 1.165) is 14.6 Å². The number of anilines is 1. The Morgan fingerprint density at radius 2 is 1.18 bits per heavy atom. The molecule has 4 aromatic carbocycles. The Balaban J connectivity index is 2.00. The molecule has 0 saturated heterocycles. The standard InChI is InChI=1S/C25H17Br2N/c26-18-11-12-19-20-14-23(27)24(28)15-22(20)25(21(19)13-18,16-7-3-1-4-8-16)17-9-5-2-6-10-17/h1-15H,28H2. The Bertz CT molecular complexity index is 1140. The molecule has 0 radical (unpaired) electrons. The van der Waals surface area contributed by atoms with E-state index >= 15 is 0 Å². The van der Waals surface area contributed by atoms with E-state index in [1.807, 2.05) is 0 Å². The minimum Gasteiger partial charge on any atom is -0.398 e. The summed E-state index contributed by atoms with van der Waals surface area (Å²) in [5, 5.41) is 0. The fourth-order valence-corrected chi connectivity index (χ4v) is 5.20. The van der Waals surface area contributed by atoms with Gasteiger partial charge in [0.2, 0.25) is 0 Å². The van der Waals surface area contributed by atoms with Crippen LogP contribution >= 0.6 is 31.9 Å². The van der Waals surface area contributed by atoms with Crippen LogP contribution in [0.4, 0.5) is 5.69 Å². The van der Waals surface area contributed by atoms with Crippen molar-refractivity contribution in [1.29, 1.82) is 0 Å². The van der Waals surface area contributed by atoms with Crippen LogP contribution in [0.1, 0.15) is 22.3 Å². The molecule has 136 valence electrons. The summed E-state index contributed by atoms with van der Waals surface area (Å²) < 4.78 is 2.00. The van der Waals surface area contributed by atoms with Crippen molar-refractivity contribution in [1.82, 2.24) is 0 Å². The van der Waals surface area contributed by atoms with Crippen molar-refractivity contribution in [2.45, 2.75) is 5.41 Å². The predicted molar refractivity (Wildman–Crippen MR) is 124 cm³/mol. The third kappa shape index (κ3) is 2.43. The number of fused-ring (bicyclic) bond motifs is 3. The third-order valence-electron chi connectivity index (χ3n) is 5.63.